The average molecular weight is 480 g/mol. The fraction of sp³-hybridized carbons (Fsp3) is 0.423. The van der Waals surface area contributed by atoms with Crippen LogP contribution in [0.25, 0.3) is 0 Å². The summed E-state index contributed by atoms with van der Waals surface area (Å²) >= 11 is 0. The summed E-state index contributed by atoms with van der Waals surface area (Å²) in [7, 11) is 0. The second kappa shape index (κ2) is 9.65. The topological polar surface area (TPSA) is 85.0 Å². The summed E-state index contributed by atoms with van der Waals surface area (Å²) in [5.74, 6) is -1.57. The molecule has 5 rings (SSSR count). The molecule has 1 atom stereocenters. The average Bonchev–Trinajstić information content (AvgIpc) is 3.16. The molecule has 0 spiro atoms. The number of amides is 3. The third-order valence-electron chi connectivity index (χ3n) is 7.04. The Bertz CT molecular complexity index is 1140. The second-order valence-corrected chi connectivity index (χ2v) is 9.35. The van der Waals surface area contributed by atoms with E-state index < -0.39 is 17.8 Å². The van der Waals surface area contributed by atoms with Gasteiger partial charge >= 0.3 is 0 Å². The number of piperazine rings is 1. The highest BCUT2D eigenvalue weighted by atomic mass is 19.1. The van der Waals surface area contributed by atoms with E-state index in [9.17, 15) is 14.4 Å². The largest absolute Gasteiger partial charge is 0.385 e. The Kier molecular flexibility index (Phi) is 6.42. The zero-order valence-electron chi connectivity index (χ0n) is 19.8. The number of nitrogens with one attached hydrogen (secondary N) is 2. The number of halogens is 1. The van der Waals surface area contributed by atoms with E-state index in [-0.39, 0.29) is 24.8 Å². The van der Waals surface area contributed by atoms with E-state index in [1.54, 1.807) is 6.07 Å². The summed E-state index contributed by atoms with van der Waals surface area (Å²) in [6.45, 7) is 7.07. The van der Waals surface area contributed by atoms with E-state index >= 15 is 4.39 Å². The third kappa shape index (κ3) is 4.73. The Morgan fingerprint density at radius 2 is 1.80 bits per heavy atom. The second-order valence-electron chi connectivity index (χ2n) is 9.35. The minimum Gasteiger partial charge on any atom is -0.385 e. The van der Waals surface area contributed by atoms with Crippen molar-refractivity contribution in [3.05, 3.63) is 58.9 Å². The Morgan fingerprint density at radius 3 is 2.49 bits per heavy atom. The molecule has 184 valence electrons. The first-order chi connectivity index (χ1) is 16.9. The lowest BCUT2D eigenvalue weighted by molar-refractivity contribution is -0.136. The van der Waals surface area contributed by atoms with Crippen LogP contribution in [0.2, 0.25) is 0 Å². The molecule has 2 N–H and O–H groups in total. The summed E-state index contributed by atoms with van der Waals surface area (Å²) in [6.07, 6.45) is 0.486. The number of piperidine rings is 1. The van der Waals surface area contributed by atoms with Crippen molar-refractivity contribution < 1.29 is 18.8 Å². The van der Waals surface area contributed by atoms with Crippen molar-refractivity contribution in [2.24, 2.45) is 0 Å². The maximum absolute atomic E-state index is 15.1. The lowest BCUT2D eigenvalue weighted by atomic mass is 10.0. The van der Waals surface area contributed by atoms with Gasteiger partial charge in [-0.05, 0) is 48.7 Å². The number of benzene rings is 2. The Balaban J connectivity index is 1.23. The zero-order valence-corrected chi connectivity index (χ0v) is 19.8. The third-order valence-corrected chi connectivity index (χ3v) is 7.04. The molecule has 2 saturated heterocycles. The quantitative estimate of drug-likeness (QED) is 0.619. The van der Waals surface area contributed by atoms with Crippen LogP contribution < -0.4 is 15.5 Å². The first-order valence-electron chi connectivity index (χ1n) is 12.2. The highest BCUT2D eigenvalue weighted by molar-refractivity contribution is 6.05. The minimum absolute atomic E-state index is 0.195. The molecular weight excluding hydrogens is 449 g/mol. The molecule has 3 aliphatic rings. The number of hydrogen-bond donors (Lipinski definition) is 2. The number of rotatable bonds is 6. The molecule has 35 heavy (non-hydrogen) atoms. The molecule has 0 saturated carbocycles. The van der Waals surface area contributed by atoms with Crippen molar-refractivity contribution >= 4 is 29.1 Å². The van der Waals surface area contributed by atoms with Crippen molar-refractivity contribution in [3.63, 3.8) is 0 Å². The van der Waals surface area contributed by atoms with Crippen molar-refractivity contribution in [2.75, 3.05) is 42.9 Å². The molecule has 0 aromatic heterocycles. The summed E-state index contributed by atoms with van der Waals surface area (Å²) in [5, 5.41) is 5.60. The first kappa shape index (κ1) is 23.3. The van der Waals surface area contributed by atoms with Crippen LogP contribution in [-0.4, -0.2) is 66.3 Å². The van der Waals surface area contributed by atoms with Crippen LogP contribution in [0.5, 0.6) is 0 Å². The molecule has 1 unspecified atom stereocenters. The molecule has 8 nitrogen and oxygen atoms in total. The molecule has 0 radical (unpaired) electrons. The van der Waals surface area contributed by atoms with Crippen LogP contribution in [0, 0.1) is 5.82 Å². The number of anilines is 2. The molecule has 0 aliphatic carbocycles. The van der Waals surface area contributed by atoms with Gasteiger partial charge in [-0.2, -0.15) is 0 Å². The normalized spacial score (nSPS) is 20.7. The van der Waals surface area contributed by atoms with Gasteiger partial charge in [0.05, 0.1) is 5.69 Å². The Hall–Kier alpha value is -3.46. The molecule has 3 amide bonds. The van der Waals surface area contributed by atoms with Gasteiger partial charge in [-0.1, -0.05) is 12.1 Å². The minimum atomic E-state index is -0.700. The number of carbonyl (C=O) groups excluding carboxylic acids is 3. The molecule has 2 aromatic rings. The fourth-order valence-corrected chi connectivity index (χ4v) is 5.16. The van der Waals surface area contributed by atoms with Crippen molar-refractivity contribution in [1.29, 1.82) is 0 Å². The molecule has 0 bridgehead atoms. The number of nitrogens with zero attached hydrogens (tertiary/aromatic N) is 3. The monoisotopic (exact) mass is 479 g/mol. The van der Waals surface area contributed by atoms with Crippen LogP contribution in [0.15, 0.2) is 36.4 Å². The van der Waals surface area contributed by atoms with Crippen LogP contribution >= 0.6 is 0 Å². The molecule has 3 heterocycles. The van der Waals surface area contributed by atoms with Gasteiger partial charge in [0.25, 0.3) is 5.91 Å². The Labute approximate surface area is 204 Å². The fourth-order valence-electron chi connectivity index (χ4n) is 5.16. The van der Waals surface area contributed by atoms with Gasteiger partial charge in [0.2, 0.25) is 11.8 Å². The number of hydrogen-bond acceptors (Lipinski definition) is 6. The van der Waals surface area contributed by atoms with Crippen molar-refractivity contribution in [1.82, 2.24) is 15.1 Å². The molecule has 2 aromatic carbocycles. The van der Waals surface area contributed by atoms with Gasteiger partial charge in [0.15, 0.2) is 0 Å². The maximum atomic E-state index is 15.1. The van der Waals surface area contributed by atoms with Gasteiger partial charge < -0.3 is 15.1 Å². The van der Waals surface area contributed by atoms with Gasteiger partial charge in [0.1, 0.15) is 11.9 Å². The van der Waals surface area contributed by atoms with Gasteiger partial charge in [-0.15, -0.1) is 0 Å². The lowest BCUT2D eigenvalue weighted by Crippen LogP contribution is -2.52. The summed E-state index contributed by atoms with van der Waals surface area (Å²) < 4.78 is 15.1. The number of imide groups is 1. The smallest absolute Gasteiger partial charge is 0.255 e. The van der Waals surface area contributed by atoms with Crippen molar-refractivity contribution in [3.8, 4) is 0 Å². The summed E-state index contributed by atoms with van der Waals surface area (Å²) in [5.41, 5.74) is 3.88. The molecule has 9 heteroatoms. The van der Waals surface area contributed by atoms with Crippen LogP contribution in [0.1, 0.15) is 41.3 Å². The van der Waals surface area contributed by atoms with E-state index in [1.165, 1.54) is 16.5 Å². The highest BCUT2D eigenvalue weighted by Crippen LogP contribution is 2.33. The van der Waals surface area contributed by atoms with Crippen molar-refractivity contribution in [2.45, 2.75) is 38.9 Å². The first-order valence-corrected chi connectivity index (χ1v) is 12.2. The highest BCUT2D eigenvalue weighted by Gasteiger charge is 2.39. The predicted octanol–water partition coefficient (Wildman–Crippen LogP) is 2.34. The van der Waals surface area contributed by atoms with Crippen LogP contribution in [-0.2, 0) is 22.7 Å². The SMILES string of the molecule is CCNc1ccc(CN2CCN(c3cc4c(cc3F)C(=O)N(C3CCC(=O)NC3=O)C4)CC2)cc1. The Morgan fingerprint density at radius 1 is 1.06 bits per heavy atom. The van der Waals surface area contributed by atoms with Crippen LogP contribution in [0.3, 0.4) is 0 Å². The van der Waals surface area contributed by atoms with E-state index in [2.05, 4.69) is 46.7 Å². The zero-order chi connectivity index (χ0) is 24.5. The predicted molar refractivity (Wildman–Crippen MR) is 131 cm³/mol. The standard InChI is InChI=1S/C26H30FN5O3/c1-2-28-19-5-3-17(4-6-19)15-30-9-11-31(12-10-30)23-13-18-16-32(26(35)20(18)14-21(23)27)22-7-8-24(33)29-25(22)34/h3-6,13-14,22,28H,2,7-12,15-16H2,1H3,(H,29,33,34). The van der Waals surface area contributed by atoms with E-state index in [1.807, 2.05) is 4.90 Å². The summed E-state index contributed by atoms with van der Waals surface area (Å²) in [6, 6.07) is 10.8. The van der Waals surface area contributed by atoms with E-state index in [0.29, 0.717) is 30.8 Å². The molecular formula is C26H30FN5O3. The number of carbonyl (C=O) groups is 3. The number of fused-ring (bicyclic) bond motifs is 1. The van der Waals surface area contributed by atoms with E-state index in [4.69, 9.17) is 0 Å². The van der Waals surface area contributed by atoms with Gasteiger partial charge in [0, 0.05) is 63.5 Å². The van der Waals surface area contributed by atoms with Gasteiger partial charge in [-0.3, -0.25) is 24.6 Å². The molecule has 3 aliphatic heterocycles. The van der Waals surface area contributed by atoms with Crippen LogP contribution in [0.4, 0.5) is 15.8 Å². The van der Waals surface area contributed by atoms with Gasteiger partial charge in [-0.25, -0.2) is 4.39 Å². The lowest BCUT2D eigenvalue weighted by Gasteiger charge is -2.36. The molecule has 2 fully saturated rings. The van der Waals surface area contributed by atoms with E-state index in [0.717, 1.165) is 37.4 Å². The summed E-state index contributed by atoms with van der Waals surface area (Å²) in [4.78, 5) is 42.5. The maximum Gasteiger partial charge on any atom is 0.255 e.